The molecule has 36 heavy (non-hydrogen) atoms. The first-order valence-corrected chi connectivity index (χ1v) is 14.1. The van der Waals surface area contributed by atoms with E-state index in [0.717, 1.165) is 44.1 Å². The summed E-state index contributed by atoms with van der Waals surface area (Å²) in [7, 11) is 1.91. The number of hydrogen-bond donors (Lipinski definition) is 3. The zero-order valence-electron chi connectivity index (χ0n) is 22.7. The van der Waals surface area contributed by atoms with Gasteiger partial charge in [0.2, 0.25) is 5.91 Å². The van der Waals surface area contributed by atoms with Crippen LogP contribution in [-0.4, -0.2) is 64.4 Å². The van der Waals surface area contributed by atoms with Crippen LogP contribution in [0.4, 0.5) is 0 Å². The molecule has 4 fully saturated rings. The third-order valence-electron chi connectivity index (χ3n) is 11.9. The first-order valence-electron chi connectivity index (χ1n) is 14.1. The van der Waals surface area contributed by atoms with Crippen LogP contribution in [0, 0.1) is 40.4 Å². The highest BCUT2D eigenvalue weighted by molar-refractivity contribution is 5.85. The highest BCUT2D eigenvalue weighted by Crippen LogP contribution is 2.70. The van der Waals surface area contributed by atoms with Gasteiger partial charge in [0.05, 0.1) is 17.7 Å². The molecule has 1 heterocycles. The fraction of sp³-hybridized carbons (Fsp3) is 0.862. The molecule has 4 N–H and O–H groups in total. The minimum absolute atomic E-state index is 0.0315. The summed E-state index contributed by atoms with van der Waals surface area (Å²) in [5, 5.41) is 24.1. The van der Waals surface area contributed by atoms with Gasteiger partial charge in [-0.15, -0.1) is 0 Å². The smallest absolute Gasteiger partial charge is 0.331 e. The summed E-state index contributed by atoms with van der Waals surface area (Å²) in [6.45, 7) is 8.70. The maximum atomic E-state index is 13.0. The number of likely N-dealkylation sites (N-methyl/N-ethyl adjacent to an activating group) is 1. The molecule has 4 aliphatic carbocycles. The zero-order valence-corrected chi connectivity index (χ0v) is 22.7. The number of cyclic esters (lactones) is 1. The molecule has 0 bridgehead atoms. The third kappa shape index (κ3) is 3.55. The molecule has 0 spiro atoms. The Morgan fingerprint density at radius 1 is 1.14 bits per heavy atom. The molecule has 1 aliphatic heterocycles. The van der Waals surface area contributed by atoms with Crippen LogP contribution in [-0.2, 0) is 14.3 Å². The maximum Gasteiger partial charge on any atom is 0.331 e. The molecule has 0 aromatic rings. The summed E-state index contributed by atoms with van der Waals surface area (Å²) in [6, 6.07) is -0.271. The summed E-state index contributed by atoms with van der Waals surface area (Å²) < 4.78 is 5.21. The first kappa shape index (κ1) is 26.2. The van der Waals surface area contributed by atoms with E-state index in [1.807, 2.05) is 25.8 Å². The second-order valence-electron chi connectivity index (χ2n) is 13.5. The molecule has 0 saturated heterocycles. The number of aliphatic hydroxyl groups is 2. The Balaban J connectivity index is 1.37. The number of carbonyl (C=O) groups is 2. The molecule has 10 atom stereocenters. The molecule has 7 nitrogen and oxygen atoms in total. The molecular formula is C29H46N2O5. The lowest BCUT2D eigenvalue weighted by atomic mass is 9.42. The van der Waals surface area contributed by atoms with Gasteiger partial charge in [0.25, 0.3) is 0 Å². The normalized spacial score (nSPS) is 46.9. The highest BCUT2D eigenvalue weighted by Gasteiger charge is 2.70. The summed E-state index contributed by atoms with van der Waals surface area (Å²) in [5.74, 6) is 0.656. The number of hydrogen-bond acceptors (Lipinski definition) is 6. The molecule has 1 unspecified atom stereocenters. The second-order valence-corrected chi connectivity index (χ2v) is 13.5. The number of ether oxygens (including phenoxy) is 1. The van der Waals surface area contributed by atoms with Crippen molar-refractivity contribution >= 4 is 11.9 Å². The summed E-state index contributed by atoms with van der Waals surface area (Å²) in [5.41, 5.74) is 5.54. The van der Waals surface area contributed by atoms with Crippen LogP contribution in [0.15, 0.2) is 11.6 Å². The lowest BCUT2D eigenvalue weighted by Crippen LogP contribution is -2.67. The van der Waals surface area contributed by atoms with Gasteiger partial charge in [-0.05, 0) is 91.9 Å². The number of rotatable bonds is 4. The molecule has 7 heteroatoms. The Labute approximate surface area is 215 Å². The fourth-order valence-electron chi connectivity index (χ4n) is 9.42. The predicted octanol–water partition coefficient (Wildman–Crippen LogP) is 3.02. The van der Waals surface area contributed by atoms with Crippen molar-refractivity contribution in [3.63, 3.8) is 0 Å². The van der Waals surface area contributed by atoms with Gasteiger partial charge in [-0.1, -0.05) is 27.7 Å². The Morgan fingerprint density at radius 3 is 2.50 bits per heavy atom. The maximum absolute atomic E-state index is 13.0. The number of nitrogens with two attached hydrogens (primary N) is 1. The molecule has 0 aromatic carbocycles. The minimum Gasteiger partial charge on any atom is -0.458 e. The lowest BCUT2D eigenvalue weighted by Gasteiger charge is -2.65. The molecular weight excluding hydrogens is 456 g/mol. The van der Waals surface area contributed by atoms with Gasteiger partial charge in [-0.3, -0.25) is 4.79 Å². The van der Waals surface area contributed by atoms with E-state index >= 15 is 0 Å². The van der Waals surface area contributed by atoms with Gasteiger partial charge in [-0.25, -0.2) is 4.79 Å². The number of nitrogens with zero attached hydrogens (tertiary/aromatic N) is 1. The van der Waals surface area contributed by atoms with Crippen LogP contribution >= 0.6 is 0 Å². The van der Waals surface area contributed by atoms with Crippen LogP contribution in [0.1, 0.15) is 79.1 Å². The predicted molar refractivity (Wildman–Crippen MR) is 136 cm³/mol. The van der Waals surface area contributed by atoms with Crippen molar-refractivity contribution in [2.75, 3.05) is 13.7 Å². The molecule has 1 amide bonds. The topological polar surface area (TPSA) is 113 Å². The third-order valence-corrected chi connectivity index (χ3v) is 11.9. The van der Waals surface area contributed by atoms with E-state index in [1.165, 1.54) is 0 Å². The van der Waals surface area contributed by atoms with E-state index in [4.69, 9.17) is 10.5 Å². The first-order chi connectivity index (χ1) is 16.8. The largest absolute Gasteiger partial charge is 0.458 e. The monoisotopic (exact) mass is 502 g/mol. The van der Waals surface area contributed by atoms with Gasteiger partial charge in [0.1, 0.15) is 6.61 Å². The average Bonchev–Trinajstić information content (AvgIpc) is 3.38. The molecule has 202 valence electrons. The second kappa shape index (κ2) is 8.81. The Hall–Kier alpha value is -1.44. The van der Waals surface area contributed by atoms with Crippen molar-refractivity contribution in [2.24, 2.45) is 46.2 Å². The molecule has 0 radical (unpaired) electrons. The molecule has 0 aromatic heterocycles. The van der Waals surface area contributed by atoms with Crippen molar-refractivity contribution in [1.82, 2.24) is 4.90 Å². The number of amides is 1. The average molecular weight is 503 g/mol. The SMILES string of the molecule is CC(C)C(N)C(=O)N(C)[C@H]1CC[C@@]2(C)[C@H](CC[C@@H]3[C@@H]2C[C@@H](O)[C@]2(C)[C@@H](C4=CC(=O)OC4)CC[C@]32O)C1. The van der Waals surface area contributed by atoms with Gasteiger partial charge < -0.3 is 25.6 Å². The fourth-order valence-corrected chi connectivity index (χ4v) is 9.42. The number of carbonyl (C=O) groups excluding carboxylic acids is 2. The summed E-state index contributed by atoms with van der Waals surface area (Å²) >= 11 is 0. The summed E-state index contributed by atoms with van der Waals surface area (Å²) in [4.78, 5) is 26.7. The van der Waals surface area contributed by atoms with E-state index in [9.17, 15) is 19.8 Å². The van der Waals surface area contributed by atoms with E-state index in [2.05, 4.69) is 13.8 Å². The van der Waals surface area contributed by atoms with Crippen LogP contribution in [0.2, 0.25) is 0 Å². The Kier molecular flexibility index (Phi) is 6.40. The van der Waals surface area contributed by atoms with Crippen molar-refractivity contribution in [1.29, 1.82) is 0 Å². The van der Waals surface area contributed by atoms with Gasteiger partial charge in [-0.2, -0.15) is 0 Å². The summed E-state index contributed by atoms with van der Waals surface area (Å²) in [6.07, 6.45) is 7.96. The standard InChI is InChI=1S/C29H46N2O5/c1-16(2)25(30)26(34)31(5)19-8-10-27(3)18(13-19)6-7-21-22(27)14-23(32)28(4)20(9-11-29(21,28)35)17-12-24(33)36-15-17/h12,16,18-23,25,32,35H,6-11,13-15,30H2,1-5H3/t18-,19+,20-,21-,22+,23-,25?,27+,28+,29+/m1/s1. The van der Waals surface area contributed by atoms with E-state index in [-0.39, 0.29) is 53.6 Å². The van der Waals surface area contributed by atoms with Crippen molar-refractivity contribution in [3.8, 4) is 0 Å². The molecule has 5 rings (SSSR count). The van der Waals surface area contributed by atoms with Crippen LogP contribution < -0.4 is 5.73 Å². The van der Waals surface area contributed by atoms with E-state index in [1.54, 1.807) is 6.08 Å². The quantitative estimate of drug-likeness (QED) is 0.510. The molecule has 4 saturated carbocycles. The van der Waals surface area contributed by atoms with Crippen LogP contribution in [0.3, 0.4) is 0 Å². The van der Waals surface area contributed by atoms with E-state index in [0.29, 0.717) is 18.8 Å². The van der Waals surface area contributed by atoms with Crippen molar-refractivity contribution in [3.05, 3.63) is 11.6 Å². The minimum atomic E-state index is -0.950. The number of esters is 1. The van der Waals surface area contributed by atoms with Crippen LogP contribution in [0.5, 0.6) is 0 Å². The van der Waals surface area contributed by atoms with Gasteiger partial charge in [0, 0.05) is 24.6 Å². The highest BCUT2D eigenvalue weighted by atomic mass is 16.5. The van der Waals surface area contributed by atoms with Crippen molar-refractivity contribution in [2.45, 2.75) is 103 Å². The number of fused-ring (bicyclic) bond motifs is 5. The van der Waals surface area contributed by atoms with Gasteiger partial charge in [0.15, 0.2) is 0 Å². The van der Waals surface area contributed by atoms with E-state index < -0.39 is 23.2 Å². The molecule has 5 aliphatic rings. The number of aliphatic hydroxyl groups excluding tert-OH is 1. The Morgan fingerprint density at radius 2 is 1.86 bits per heavy atom. The van der Waals surface area contributed by atoms with Gasteiger partial charge >= 0.3 is 5.97 Å². The van der Waals surface area contributed by atoms with Crippen LogP contribution in [0.25, 0.3) is 0 Å². The lowest BCUT2D eigenvalue weighted by molar-refractivity contribution is -0.243. The Bertz CT molecular complexity index is 950. The van der Waals surface area contributed by atoms with Crippen molar-refractivity contribution < 1.29 is 24.5 Å². The zero-order chi connectivity index (χ0) is 26.2.